The second-order valence-corrected chi connectivity index (χ2v) is 11.7. The van der Waals surface area contributed by atoms with Crippen LogP contribution in [0.3, 0.4) is 0 Å². The summed E-state index contributed by atoms with van der Waals surface area (Å²) in [5.41, 5.74) is 2.24. The van der Waals surface area contributed by atoms with Gasteiger partial charge in [-0.1, -0.05) is 75.6 Å². The van der Waals surface area contributed by atoms with Gasteiger partial charge in [-0.05, 0) is 72.7 Å². The van der Waals surface area contributed by atoms with Crippen LogP contribution in [0.15, 0.2) is 54.6 Å². The van der Waals surface area contributed by atoms with E-state index in [1.54, 1.807) is 6.07 Å². The molecule has 2 aliphatic rings. The summed E-state index contributed by atoms with van der Waals surface area (Å²) >= 11 is 0. The summed E-state index contributed by atoms with van der Waals surface area (Å²) in [5.74, 6) is 0.401. The lowest BCUT2D eigenvalue weighted by molar-refractivity contribution is -0.146. The van der Waals surface area contributed by atoms with Crippen LogP contribution >= 0.6 is 0 Å². The maximum Gasteiger partial charge on any atom is 0.325 e. The highest BCUT2D eigenvalue weighted by Crippen LogP contribution is 2.40. The number of phenolic OH excluding ortho intramolecular Hbond substituents is 1. The van der Waals surface area contributed by atoms with Crippen LogP contribution in [0.4, 0.5) is 0 Å². The summed E-state index contributed by atoms with van der Waals surface area (Å²) in [5, 5.41) is 12.9. The molecule has 206 valence electrons. The Morgan fingerprint density at radius 1 is 1.11 bits per heavy atom. The number of nitrogens with one attached hydrogen (secondary N) is 1. The molecule has 6 nitrogen and oxygen atoms in total. The van der Waals surface area contributed by atoms with Crippen LogP contribution in [-0.2, 0) is 26.2 Å². The lowest BCUT2D eigenvalue weighted by Crippen LogP contribution is -2.50. The number of likely N-dealkylation sites (tertiary alicyclic amines) is 1. The van der Waals surface area contributed by atoms with Crippen molar-refractivity contribution in [2.75, 3.05) is 32.8 Å². The number of hydrogen-bond acceptors (Lipinski definition) is 5. The van der Waals surface area contributed by atoms with E-state index in [4.69, 9.17) is 4.74 Å². The molecular weight excluding hydrogens is 476 g/mol. The third-order valence-electron chi connectivity index (χ3n) is 8.86. The van der Waals surface area contributed by atoms with Crippen molar-refractivity contribution in [2.24, 2.45) is 17.8 Å². The van der Waals surface area contributed by atoms with Gasteiger partial charge in [-0.15, -0.1) is 0 Å². The molecule has 3 atom stereocenters. The van der Waals surface area contributed by atoms with Crippen molar-refractivity contribution < 1.29 is 19.4 Å². The van der Waals surface area contributed by atoms with Gasteiger partial charge in [0.05, 0.1) is 12.5 Å². The first-order valence-corrected chi connectivity index (χ1v) is 14.3. The first kappa shape index (κ1) is 28.2. The van der Waals surface area contributed by atoms with E-state index < -0.39 is 0 Å². The van der Waals surface area contributed by atoms with Crippen LogP contribution < -0.4 is 5.32 Å². The summed E-state index contributed by atoms with van der Waals surface area (Å²) < 4.78 is 5.49. The van der Waals surface area contributed by atoms with Crippen molar-refractivity contribution in [3.05, 3.63) is 65.7 Å². The molecule has 3 unspecified atom stereocenters. The van der Waals surface area contributed by atoms with Crippen LogP contribution in [0.2, 0.25) is 0 Å². The predicted octanol–water partition coefficient (Wildman–Crippen LogP) is 5.09. The zero-order valence-electron chi connectivity index (χ0n) is 23.0. The molecule has 1 aliphatic heterocycles. The van der Waals surface area contributed by atoms with Crippen molar-refractivity contribution in [3.63, 3.8) is 0 Å². The molecule has 0 bridgehead atoms. The zero-order chi connectivity index (χ0) is 27.0. The van der Waals surface area contributed by atoms with Crippen molar-refractivity contribution in [2.45, 2.75) is 64.2 Å². The second-order valence-electron chi connectivity index (χ2n) is 11.7. The summed E-state index contributed by atoms with van der Waals surface area (Å²) in [4.78, 5) is 28.1. The number of benzene rings is 2. The third kappa shape index (κ3) is 7.59. The Hall–Kier alpha value is -2.86. The number of carbonyl (C=O) groups is 2. The molecule has 1 aliphatic carbocycles. The van der Waals surface area contributed by atoms with Gasteiger partial charge in [0.2, 0.25) is 5.91 Å². The first-order chi connectivity index (χ1) is 18.3. The van der Waals surface area contributed by atoms with E-state index in [9.17, 15) is 14.7 Å². The fraction of sp³-hybridized carbons (Fsp3) is 0.562. The Morgan fingerprint density at radius 2 is 1.87 bits per heavy atom. The van der Waals surface area contributed by atoms with Gasteiger partial charge >= 0.3 is 5.97 Å². The van der Waals surface area contributed by atoms with Gasteiger partial charge in [0.25, 0.3) is 0 Å². The van der Waals surface area contributed by atoms with Gasteiger partial charge in [0, 0.05) is 13.1 Å². The van der Waals surface area contributed by atoms with E-state index in [-0.39, 0.29) is 29.8 Å². The van der Waals surface area contributed by atoms with Crippen LogP contribution in [0.25, 0.3) is 0 Å². The fourth-order valence-electron chi connectivity index (χ4n) is 6.14. The summed E-state index contributed by atoms with van der Waals surface area (Å²) in [7, 11) is 0. The predicted molar refractivity (Wildman–Crippen MR) is 150 cm³/mol. The standard InChI is InChI=1S/C32H44N2O4/c1-24-21-34(17-16-32(24,2)28-14-9-15-29(35)19-28)22-27(18-25-10-5-3-6-11-25)31(37)33-20-30(36)38-23-26-12-7-4-8-13-26/h3,5-6,9-11,14-15,19,24,26-27,35H,4,7-8,12-13,16-18,20-23H2,1-2H3,(H,33,37). The number of nitrogens with zero attached hydrogens (tertiary/aromatic N) is 1. The Kier molecular flexibility index (Phi) is 9.84. The minimum absolute atomic E-state index is 0.0332. The van der Waals surface area contributed by atoms with Crippen molar-refractivity contribution in [1.82, 2.24) is 10.2 Å². The lowest BCUT2D eigenvalue weighted by Gasteiger charge is -2.45. The SMILES string of the molecule is CC1CN(CC(Cc2ccccc2)C(=O)NCC(=O)OCC2CCCCC2)CCC1(C)c1cccc(O)c1. The number of rotatable bonds is 10. The van der Waals surface area contributed by atoms with Gasteiger partial charge in [-0.25, -0.2) is 0 Å². The first-order valence-electron chi connectivity index (χ1n) is 14.3. The van der Waals surface area contributed by atoms with E-state index in [1.165, 1.54) is 19.3 Å². The molecule has 2 aromatic rings. The number of aromatic hydroxyl groups is 1. The minimum Gasteiger partial charge on any atom is -0.508 e. The molecule has 2 aromatic carbocycles. The summed E-state index contributed by atoms with van der Waals surface area (Å²) in [6.45, 7) is 7.29. The monoisotopic (exact) mass is 520 g/mol. The molecule has 0 spiro atoms. The average Bonchev–Trinajstić information content (AvgIpc) is 2.93. The molecule has 0 radical (unpaired) electrons. The lowest BCUT2D eigenvalue weighted by atomic mass is 9.68. The number of carbonyl (C=O) groups excluding carboxylic acids is 2. The molecule has 1 amide bonds. The maximum absolute atomic E-state index is 13.3. The highest BCUT2D eigenvalue weighted by molar-refractivity contribution is 5.83. The average molecular weight is 521 g/mol. The highest BCUT2D eigenvalue weighted by atomic mass is 16.5. The Morgan fingerprint density at radius 3 is 2.58 bits per heavy atom. The molecule has 1 saturated heterocycles. The Bertz CT molecular complexity index is 1050. The van der Waals surface area contributed by atoms with E-state index in [1.807, 2.05) is 30.3 Å². The largest absolute Gasteiger partial charge is 0.508 e. The quantitative estimate of drug-likeness (QED) is 0.427. The number of hydrogen-bond donors (Lipinski definition) is 2. The molecule has 4 rings (SSSR count). The van der Waals surface area contributed by atoms with Gasteiger partial charge in [-0.3, -0.25) is 9.59 Å². The third-order valence-corrected chi connectivity index (χ3v) is 8.86. The number of phenols is 1. The molecule has 2 N–H and O–H groups in total. The molecule has 6 heteroatoms. The normalized spacial score (nSPS) is 23.5. The second kappa shape index (κ2) is 13.3. The van der Waals surface area contributed by atoms with Gasteiger partial charge in [0.15, 0.2) is 0 Å². The molecule has 0 aromatic heterocycles. The fourth-order valence-corrected chi connectivity index (χ4v) is 6.14. The van der Waals surface area contributed by atoms with Gasteiger partial charge in [-0.2, -0.15) is 0 Å². The van der Waals surface area contributed by atoms with E-state index in [2.05, 4.69) is 42.3 Å². The van der Waals surface area contributed by atoms with E-state index in [0.717, 1.165) is 43.5 Å². The van der Waals surface area contributed by atoms with Crippen LogP contribution in [0.5, 0.6) is 5.75 Å². The van der Waals surface area contributed by atoms with Crippen LogP contribution in [-0.4, -0.2) is 54.7 Å². The number of ether oxygens (including phenoxy) is 1. The number of piperidine rings is 1. The molecule has 1 saturated carbocycles. The number of esters is 1. The van der Waals surface area contributed by atoms with E-state index in [0.29, 0.717) is 37.2 Å². The van der Waals surface area contributed by atoms with E-state index >= 15 is 0 Å². The molecule has 1 heterocycles. The number of amides is 1. The highest BCUT2D eigenvalue weighted by Gasteiger charge is 2.39. The molecular formula is C32H44N2O4. The van der Waals surface area contributed by atoms with Crippen LogP contribution in [0, 0.1) is 17.8 Å². The Balaban J connectivity index is 1.34. The molecule has 2 fully saturated rings. The van der Waals surface area contributed by atoms with Crippen molar-refractivity contribution in [3.8, 4) is 5.75 Å². The Labute approximate surface area is 227 Å². The van der Waals surface area contributed by atoms with Crippen molar-refractivity contribution >= 4 is 11.9 Å². The van der Waals surface area contributed by atoms with Gasteiger partial charge < -0.3 is 20.1 Å². The topological polar surface area (TPSA) is 78.9 Å². The van der Waals surface area contributed by atoms with Gasteiger partial charge in [0.1, 0.15) is 12.3 Å². The zero-order valence-corrected chi connectivity index (χ0v) is 23.0. The minimum atomic E-state index is -0.351. The van der Waals surface area contributed by atoms with Crippen LogP contribution in [0.1, 0.15) is 63.5 Å². The molecule has 38 heavy (non-hydrogen) atoms. The smallest absolute Gasteiger partial charge is 0.325 e. The summed E-state index contributed by atoms with van der Waals surface area (Å²) in [6, 6.07) is 17.7. The summed E-state index contributed by atoms with van der Waals surface area (Å²) in [6.07, 6.45) is 7.51. The van der Waals surface area contributed by atoms with Crippen molar-refractivity contribution in [1.29, 1.82) is 0 Å². The maximum atomic E-state index is 13.3.